The Morgan fingerprint density at radius 3 is 2.13 bits per heavy atom. The Bertz CT molecular complexity index is 1410. The molecule has 1 amide bonds. The van der Waals surface area contributed by atoms with Gasteiger partial charge in [-0.25, -0.2) is 5.43 Å². The van der Waals surface area contributed by atoms with E-state index in [1.807, 2.05) is 79.7 Å². The van der Waals surface area contributed by atoms with E-state index < -0.39 is 0 Å². The molecule has 8 heteroatoms. The number of carbonyl (C=O) groups excluding carboxylic acids is 1. The molecule has 7 nitrogen and oxygen atoms in total. The highest BCUT2D eigenvalue weighted by Crippen LogP contribution is 2.37. The number of halogens is 1. The third-order valence-corrected chi connectivity index (χ3v) is 6.19. The van der Waals surface area contributed by atoms with Crippen molar-refractivity contribution in [2.45, 2.75) is 20.1 Å². The predicted octanol–water partition coefficient (Wildman–Crippen LogP) is 6.78. The van der Waals surface area contributed by atoms with Gasteiger partial charge in [0.1, 0.15) is 13.2 Å². The number of rotatable bonds is 12. The lowest BCUT2D eigenvalue weighted by atomic mass is 10.2. The maximum atomic E-state index is 12.7. The lowest BCUT2D eigenvalue weighted by Crippen LogP contribution is -2.17. The Morgan fingerprint density at radius 1 is 0.821 bits per heavy atom. The quantitative estimate of drug-likeness (QED) is 0.146. The molecule has 0 saturated heterocycles. The third kappa shape index (κ3) is 7.85. The van der Waals surface area contributed by atoms with Gasteiger partial charge in [0.2, 0.25) is 0 Å². The molecule has 0 aliphatic heterocycles. The Morgan fingerprint density at radius 2 is 1.49 bits per heavy atom. The van der Waals surface area contributed by atoms with Gasteiger partial charge in [-0.2, -0.15) is 5.10 Å². The summed E-state index contributed by atoms with van der Waals surface area (Å²) in [6.07, 6.45) is 1.54. The van der Waals surface area contributed by atoms with Crippen molar-refractivity contribution in [2.24, 2.45) is 5.10 Å². The van der Waals surface area contributed by atoms with Crippen molar-refractivity contribution < 1.29 is 23.7 Å². The lowest BCUT2D eigenvalue weighted by Gasteiger charge is -2.14. The molecule has 1 N–H and O–H groups in total. The van der Waals surface area contributed by atoms with E-state index in [0.717, 1.165) is 16.7 Å². The molecule has 200 valence electrons. The van der Waals surface area contributed by atoms with Crippen molar-refractivity contribution >= 4 is 28.1 Å². The molecule has 4 rings (SSSR count). The van der Waals surface area contributed by atoms with Crippen LogP contribution in [0, 0.1) is 0 Å². The molecular formula is C31H29BrN2O5. The van der Waals surface area contributed by atoms with Crippen LogP contribution >= 0.6 is 15.9 Å². The van der Waals surface area contributed by atoms with Gasteiger partial charge in [0.25, 0.3) is 5.91 Å². The number of nitrogens with zero attached hydrogens (tertiary/aromatic N) is 1. The van der Waals surface area contributed by atoms with Crippen LogP contribution in [0.5, 0.6) is 23.0 Å². The summed E-state index contributed by atoms with van der Waals surface area (Å²) in [6.45, 7) is 3.17. The highest BCUT2D eigenvalue weighted by atomic mass is 79.9. The van der Waals surface area contributed by atoms with Crippen LogP contribution in [-0.2, 0) is 13.2 Å². The van der Waals surface area contributed by atoms with E-state index in [2.05, 4.69) is 26.5 Å². The minimum absolute atomic E-state index is 0.383. The predicted molar refractivity (Wildman–Crippen MR) is 155 cm³/mol. The average molecular weight is 589 g/mol. The van der Waals surface area contributed by atoms with E-state index >= 15 is 0 Å². The van der Waals surface area contributed by atoms with Crippen LogP contribution in [-0.4, -0.2) is 25.8 Å². The maximum Gasteiger partial charge on any atom is 0.271 e. The number of hydrogen-bond donors (Lipinski definition) is 1. The molecule has 0 fully saturated rings. The van der Waals surface area contributed by atoms with Gasteiger partial charge in [0.05, 0.1) is 24.4 Å². The molecule has 0 radical (unpaired) electrons. The van der Waals surface area contributed by atoms with E-state index in [0.29, 0.717) is 52.9 Å². The number of hydrogen-bond acceptors (Lipinski definition) is 6. The number of nitrogens with one attached hydrogen (secondary N) is 1. The summed E-state index contributed by atoms with van der Waals surface area (Å²) in [5.41, 5.74) is 5.74. The Balaban J connectivity index is 1.40. The zero-order chi connectivity index (χ0) is 27.5. The van der Waals surface area contributed by atoms with Gasteiger partial charge in [-0.3, -0.25) is 4.79 Å². The molecular weight excluding hydrogens is 560 g/mol. The molecule has 0 aliphatic carbocycles. The number of methoxy groups -OCH3 is 1. The van der Waals surface area contributed by atoms with Crippen LogP contribution in [0.1, 0.15) is 34.0 Å². The van der Waals surface area contributed by atoms with Crippen LogP contribution < -0.4 is 24.4 Å². The summed E-state index contributed by atoms with van der Waals surface area (Å²) < 4.78 is 23.8. The second-order valence-corrected chi connectivity index (χ2v) is 9.23. The summed E-state index contributed by atoms with van der Waals surface area (Å²) >= 11 is 3.57. The van der Waals surface area contributed by atoms with E-state index in [1.165, 1.54) is 7.11 Å². The van der Waals surface area contributed by atoms with Gasteiger partial charge in [-0.1, -0.05) is 60.7 Å². The van der Waals surface area contributed by atoms with Crippen molar-refractivity contribution in [3.8, 4) is 23.0 Å². The standard InChI is InChI=1S/C31H29BrN2O5/c1-3-37-29-17-24(16-26(32)30(29)39-21-23-12-8-5-9-13-23)19-33-34-31(35)25-14-15-27(28(18-25)36-2)38-20-22-10-6-4-7-11-22/h4-19H,3,20-21H2,1-2H3,(H,34,35)/b33-19+. The molecule has 0 heterocycles. The minimum Gasteiger partial charge on any atom is -0.493 e. The zero-order valence-corrected chi connectivity index (χ0v) is 23.3. The number of ether oxygens (including phenoxy) is 4. The summed E-state index contributed by atoms with van der Waals surface area (Å²) in [5.74, 6) is 1.80. The molecule has 0 atom stereocenters. The summed E-state index contributed by atoms with van der Waals surface area (Å²) in [4.78, 5) is 12.7. The first-order chi connectivity index (χ1) is 19.1. The van der Waals surface area contributed by atoms with Crippen LogP contribution in [0.15, 0.2) is 101 Å². The van der Waals surface area contributed by atoms with Crippen LogP contribution in [0.25, 0.3) is 0 Å². The van der Waals surface area contributed by atoms with Crippen molar-refractivity contribution in [3.63, 3.8) is 0 Å². The van der Waals surface area contributed by atoms with E-state index in [4.69, 9.17) is 18.9 Å². The summed E-state index contributed by atoms with van der Waals surface area (Å²) in [7, 11) is 1.53. The fourth-order valence-corrected chi connectivity index (χ4v) is 4.26. The van der Waals surface area contributed by atoms with E-state index in [1.54, 1.807) is 24.4 Å². The first-order valence-corrected chi connectivity index (χ1v) is 13.2. The molecule has 0 bridgehead atoms. The second-order valence-electron chi connectivity index (χ2n) is 8.38. The topological polar surface area (TPSA) is 78.4 Å². The SMILES string of the molecule is CCOc1cc(/C=N/NC(=O)c2ccc(OCc3ccccc3)c(OC)c2)cc(Br)c1OCc1ccccc1. The molecule has 0 unspecified atom stereocenters. The number of amides is 1. The van der Waals surface area contributed by atoms with Gasteiger partial charge >= 0.3 is 0 Å². The number of carbonyl (C=O) groups is 1. The first kappa shape index (κ1) is 27.7. The monoisotopic (exact) mass is 588 g/mol. The van der Waals surface area contributed by atoms with Gasteiger partial charge in [-0.15, -0.1) is 0 Å². The first-order valence-electron chi connectivity index (χ1n) is 12.4. The third-order valence-electron chi connectivity index (χ3n) is 5.60. The van der Waals surface area contributed by atoms with Crippen LogP contribution in [0.4, 0.5) is 0 Å². The molecule has 0 aliphatic rings. The molecule has 4 aromatic rings. The second kappa shape index (κ2) is 14.0. The molecule has 0 aromatic heterocycles. The fourth-order valence-electron chi connectivity index (χ4n) is 3.69. The fraction of sp³-hybridized carbons (Fsp3) is 0.161. The van der Waals surface area contributed by atoms with Crippen molar-refractivity contribution in [1.29, 1.82) is 0 Å². The molecule has 0 spiro atoms. The summed E-state index contributed by atoms with van der Waals surface area (Å²) in [6, 6.07) is 28.4. The average Bonchev–Trinajstić information content (AvgIpc) is 2.96. The van der Waals surface area contributed by atoms with Gasteiger partial charge < -0.3 is 18.9 Å². The lowest BCUT2D eigenvalue weighted by molar-refractivity contribution is 0.0954. The zero-order valence-electron chi connectivity index (χ0n) is 21.7. The number of benzene rings is 4. The minimum atomic E-state index is -0.383. The Hall–Kier alpha value is -4.30. The van der Waals surface area contributed by atoms with Crippen molar-refractivity contribution in [2.75, 3.05) is 13.7 Å². The van der Waals surface area contributed by atoms with Gasteiger partial charge in [0.15, 0.2) is 23.0 Å². The molecule has 4 aromatic carbocycles. The molecule has 0 saturated carbocycles. The van der Waals surface area contributed by atoms with Crippen molar-refractivity contribution in [1.82, 2.24) is 5.43 Å². The largest absolute Gasteiger partial charge is 0.493 e. The molecule has 39 heavy (non-hydrogen) atoms. The van der Waals surface area contributed by atoms with E-state index in [-0.39, 0.29) is 5.91 Å². The highest BCUT2D eigenvalue weighted by Gasteiger charge is 2.13. The van der Waals surface area contributed by atoms with Gasteiger partial charge in [0, 0.05) is 5.56 Å². The smallest absolute Gasteiger partial charge is 0.271 e. The van der Waals surface area contributed by atoms with Crippen molar-refractivity contribution in [3.05, 3.63) is 118 Å². The van der Waals surface area contributed by atoms with Crippen LogP contribution in [0.3, 0.4) is 0 Å². The van der Waals surface area contributed by atoms with Crippen LogP contribution in [0.2, 0.25) is 0 Å². The summed E-state index contributed by atoms with van der Waals surface area (Å²) in [5, 5.41) is 4.12. The number of hydrazone groups is 1. The Kier molecular flexibility index (Phi) is 9.97. The van der Waals surface area contributed by atoms with E-state index in [9.17, 15) is 4.79 Å². The normalized spacial score (nSPS) is 10.7. The Labute approximate surface area is 236 Å². The van der Waals surface area contributed by atoms with Gasteiger partial charge in [-0.05, 0) is 69.9 Å². The maximum absolute atomic E-state index is 12.7. The highest BCUT2D eigenvalue weighted by molar-refractivity contribution is 9.10.